The van der Waals surface area contributed by atoms with E-state index in [4.69, 9.17) is 11.6 Å². The van der Waals surface area contributed by atoms with E-state index < -0.39 is 10.0 Å². The Hall–Kier alpha value is -0.590. The average molecular weight is 280 g/mol. The van der Waals surface area contributed by atoms with Crippen LogP contribution in [0.2, 0.25) is 0 Å². The third-order valence-electron chi connectivity index (χ3n) is 2.22. The Labute approximate surface area is 107 Å². The number of sulfonamides is 1. The number of rotatable bonds is 6. The molecule has 0 bridgehead atoms. The van der Waals surface area contributed by atoms with Crippen molar-refractivity contribution in [1.82, 2.24) is 14.3 Å². The molecule has 0 saturated heterocycles. The quantitative estimate of drug-likeness (QED) is 0.800. The Kier molecular flexibility index (Phi) is 4.97. The lowest BCUT2D eigenvalue weighted by molar-refractivity contribution is 0.484. The number of nitrogens with one attached hydrogen (secondary N) is 1. The summed E-state index contributed by atoms with van der Waals surface area (Å²) in [5.74, 6) is 0.634. The zero-order valence-electron chi connectivity index (χ0n) is 10.2. The highest BCUT2D eigenvalue weighted by Gasteiger charge is 2.22. The number of aromatic nitrogens is 2. The van der Waals surface area contributed by atoms with Crippen molar-refractivity contribution in [3.8, 4) is 0 Å². The zero-order chi connectivity index (χ0) is 13.1. The van der Waals surface area contributed by atoms with Crippen LogP contribution in [0.3, 0.4) is 0 Å². The lowest BCUT2D eigenvalue weighted by Gasteiger charge is -2.17. The molecule has 1 aromatic rings. The first-order valence-electron chi connectivity index (χ1n) is 5.41. The van der Waals surface area contributed by atoms with Gasteiger partial charge in [0.15, 0.2) is 5.03 Å². The molecule has 0 aliphatic carbocycles. The average Bonchev–Trinajstić information content (AvgIpc) is 2.63. The maximum absolute atomic E-state index is 12.0. The monoisotopic (exact) mass is 279 g/mol. The van der Waals surface area contributed by atoms with E-state index >= 15 is 0 Å². The number of hydrogen-bond donors (Lipinski definition) is 1. The van der Waals surface area contributed by atoms with Gasteiger partial charge in [0, 0.05) is 25.2 Å². The first-order chi connectivity index (χ1) is 7.85. The standard InChI is InChI=1S/C10H18ClN3O2S/c1-8(2)4-9(5-11)13-17(15,16)10-6-14(3)7-12-10/h6-9,13H,4-5H2,1-3H3. The highest BCUT2D eigenvalue weighted by molar-refractivity contribution is 7.89. The molecular weight excluding hydrogens is 262 g/mol. The van der Waals surface area contributed by atoms with Crippen molar-refractivity contribution in [3.63, 3.8) is 0 Å². The zero-order valence-corrected chi connectivity index (χ0v) is 11.8. The predicted octanol–water partition coefficient (Wildman–Crippen LogP) is 1.35. The van der Waals surface area contributed by atoms with Gasteiger partial charge < -0.3 is 4.57 Å². The summed E-state index contributed by atoms with van der Waals surface area (Å²) in [5.41, 5.74) is 0. The maximum Gasteiger partial charge on any atom is 0.259 e. The van der Waals surface area contributed by atoms with E-state index in [1.807, 2.05) is 13.8 Å². The van der Waals surface area contributed by atoms with Crippen molar-refractivity contribution in [2.45, 2.75) is 31.3 Å². The number of imidazole rings is 1. The van der Waals surface area contributed by atoms with Gasteiger partial charge in [-0.15, -0.1) is 11.6 Å². The van der Waals surface area contributed by atoms with Crippen molar-refractivity contribution in [2.75, 3.05) is 5.88 Å². The molecule has 1 N–H and O–H groups in total. The summed E-state index contributed by atoms with van der Waals surface area (Å²) in [5, 5.41) is 0.0267. The topological polar surface area (TPSA) is 64.0 Å². The summed E-state index contributed by atoms with van der Waals surface area (Å²) in [6.07, 6.45) is 3.62. The molecule has 98 valence electrons. The summed E-state index contributed by atoms with van der Waals surface area (Å²) in [6.45, 7) is 4.04. The van der Waals surface area contributed by atoms with Gasteiger partial charge in [0.05, 0.1) is 6.33 Å². The number of nitrogens with zero attached hydrogens (tertiary/aromatic N) is 2. The second kappa shape index (κ2) is 5.84. The number of halogens is 1. The fourth-order valence-electron chi connectivity index (χ4n) is 1.52. The fourth-order valence-corrected chi connectivity index (χ4v) is 3.04. The fraction of sp³-hybridized carbons (Fsp3) is 0.700. The molecule has 17 heavy (non-hydrogen) atoms. The minimum atomic E-state index is -3.56. The van der Waals surface area contributed by atoms with Crippen LogP contribution in [0.1, 0.15) is 20.3 Å². The first kappa shape index (κ1) is 14.5. The Bertz CT molecular complexity index is 456. The van der Waals surface area contributed by atoms with Crippen LogP contribution in [0.4, 0.5) is 0 Å². The maximum atomic E-state index is 12.0. The predicted molar refractivity (Wildman–Crippen MR) is 67.5 cm³/mol. The molecule has 1 atom stereocenters. The Morgan fingerprint density at radius 2 is 2.18 bits per heavy atom. The molecule has 0 aliphatic rings. The summed E-state index contributed by atoms with van der Waals surface area (Å²) in [6, 6.07) is -0.260. The van der Waals surface area contributed by atoms with Gasteiger partial charge in [-0.25, -0.2) is 18.1 Å². The van der Waals surface area contributed by atoms with Gasteiger partial charge in [-0.05, 0) is 12.3 Å². The molecule has 0 saturated carbocycles. The van der Waals surface area contributed by atoms with Crippen LogP contribution in [-0.4, -0.2) is 29.9 Å². The van der Waals surface area contributed by atoms with Gasteiger partial charge in [-0.3, -0.25) is 0 Å². The third-order valence-corrected chi connectivity index (χ3v) is 4.00. The van der Waals surface area contributed by atoms with Crippen LogP contribution in [0, 0.1) is 5.92 Å². The second-order valence-electron chi connectivity index (χ2n) is 4.48. The van der Waals surface area contributed by atoms with E-state index in [2.05, 4.69) is 9.71 Å². The molecule has 0 radical (unpaired) electrons. The van der Waals surface area contributed by atoms with E-state index in [0.717, 1.165) is 0 Å². The SMILES string of the molecule is CC(C)CC(CCl)NS(=O)(=O)c1cn(C)cn1. The molecular formula is C10H18ClN3O2S. The van der Waals surface area contributed by atoms with Gasteiger partial charge in [0.25, 0.3) is 10.0 Å². The van der Waals surface area contributed by atoms with Crippen molar-refractivity contribution in [1.29, 1.82) is 0 Å². The lowest BCUT2D eigenvalue weighted by atomic mass is 10.1. The molecule has 1 heterocycles. The normalized spacial score (nSPS) is 14.2. The third kappa shape index (κ3) is 4.29. The van der Waals surface area contributed by atoms with Crippen LogP contribution in [0.5, 0.6) is 0 Å². The number of aryl methyl sites for hydroxylation is 1. The minimum absolute atomic E-state index is 0.0267. The smallest absolute Gasteiger partial charge is 0.259 e. The summed E-state index contributed by atoms with van der Waals surface area (Å²) in [7, 11) is -1.84. The molecule has 7 heteroatoms. The molecule has 0 amide bonds. The van der Waals surface area contributed by atoms with E-state index in [1.54, 1.807) is 11.6 Å². The van der Waals surface area contributed by atoms with Crippen LogP contribution in [0.25, 0.3) is 0 Å². The van der Waals surface area contributed by atoms with E-state index in [-0.39, 0.29) is 16.9 Å². The second-order valence-corrected chi connectivity index (χ2v) is 6.45. The van der Waals surface area contributed by atoms with E-state index in [1.165, 1.54) is 12.5 Å². The molecule has 1 unspecified atom stereocenters. The van der Waals surface area contributed by atoms with Gasteiger partial charge in [-0.2, -0.15) is 0 Å². The van der Waals surface area contributed by atoms with Gasteiger partial charge in [0.1, 0.15) is 0 Å². The van der Waals surface area contributed by atoms with Crippen LogP contribution >= 0.6 is 11.6 Å². The van der Waals surface area contributed by atoms with Crippen LogP contribution in [-0.2, 0) is 17.1 Å². The van der Waals surface area contributed by atoms with Crippen molar-refractivity contribution >= 4 is 21.6 Å². The summed E-state index contributed by atoms with van der Waals surface area (Å²) < 4.78 is 28.1. The Balaban J connectivity index is 2.78. The summed E-state index contributed by atoms with van der Waals surface area (Å²) >= 11 is 5.76. The lowest BCUT2D eigenvalue weighted by Crippen LogP contribution is -2.37. The van der Waals surface area contributed by atoms with Crippen LogP contribution < -0.4 is 4.72 Å². The number of alkyl halides is 1. The van der Waals surface area contributed by atoms with Crippen LogP contribution in [0.15, 0.2) is 17.6 Å². The van der Waals surface area contributed by atoms with E-state index in [0.29, 0.717) is 12.3 Å². The molecule has 0 spiro atoms. The molecule has 0 fully saturated rings. The minimum Gasteiger partial charge on any atom is -0.339 e. The van der Waals surface area contributed by atoms with E-state index in [9.17, 15) is 8.42 Å². The highest BCUT2D eigenvalue weighted by Crippen LogP contribution is 2.11. The largest absolute Gasteiger partial charge is 0.339 e. The van der Waals surface area contributed by atoms with Gasteiger partial charge in [0.2, 0.25) is 0 Å². The molecule has 0 aromatic carbocycles. The van der Waals surface area contributed by atoms with Crippen molar-refractivity contribution < 1.29 is 8.42 Å². The molecule has 0 aliphatic heterocycles. The summed E-state index contributed by atoms with van der Waals surface area (Å²) in [4.78, 5) is 3.82. The Morgan fingerprint density at radius 3 is 2.59 bits per heavy atom. The number of hydrogen-bond acceptors (Lipinski definition) is 3. The molecule has 1 rings (SSSR count). The van der Waals surface area contributed by atoms with Gasteiger partial charge >= 0.3 is 0 Å². The first-order valence-corrected chi connectivity index (χ1v) is 7.43. The molecule has 5 nitrogen and oxygen atoms in total. The van der Waals surface area contributed by atoms with Crippen molar-refractivity contribution in [3.05, 3.63) is 12.5 Å². The molecule has 1 aromatic heterocycles. The Morgan fingerprint density at radius 1 is 1.53 bits per heavy atom. The highest BCUT2D eigenvalue weighted by atomic mass is 35.5. The van der Waals surface area contributed by atoms with Gasteiger partial charge in [-0.1, -0.05) is 13.8 Å². The van der Waals surface area contributed by atoms with Crippen molar-refractivity contribution in [2.24, 2.45) is 13.0 Å².